The molecule has 0 aliphatic heterocycles. The molecule has 0 aliphatic carbocycles. The number of hydrogen-bond acceptors (Lipinski definition) is 8. The summed E-state index contributed by atoms with van der Waals surface area (Å²) < 4.78 is 5.39. The molecule has 1 aromatic carbocycles. The monoisotopic (exact) mass is 519 g/mol. The third kappa shape index (κ3) is 4.78. The van der Waals surface area contributed by atoms with Crippen LogP contribution in [0.1, 0.15) is 0 Å². The highest BCUT2D eigenvalue weighted by Crippen LogP contribution is 2.32. The molecule has 0 saturated heterocycles. The van der Waals surface area contributed by atoms with Gasteiger partial charge in [-0.25, -0.2) is 9.97 Å². The lowest BCUT2D eigenvalue weighted by Gasteiger charge is -2.10. The van der Waals surface area contributed by atoms with Gasteiger partial charge in [-0.2, -0.15) is 5.10 Å². The van der Waals surface area contributed by atoms with Gasteiger partial charge in [-0.1, -0.05) is 12.1 Å². The van der Waals surface area contributed by atoms with Crippen LogP contribution in [-0.2, 0) is 4.79 Å². The molecule has 0 atom stereocenters. The minimum absolute atomic E-state index is 0.118. The first-order chi connectivity index (χ1) is 19.0. The van der Waals surface area contributed by atoms with Gasteiger partial charge in [0.1, 0.15) is 11.3 Å². The van der Waals surface area contributed by atoms with Gasteiger partial charge in [-0.15, -0.1) is 0 Å². The van der Waals surface area contributed by atoms with Crippen LogP contribution in [0.5, 0.6) is 5.75 Å². The number of carbonyl (C=O) groups excluding carboxylic acids is 1. The van der Waals surface area contributed by atoms with Gasteiger partial charge in [0.2, 0.25) is 5.91 Å². The number of nitrogens with one attached hydrogen (secondary N) is 3. The minimum atomic E-state index is -0.118. The van der Waals surface area contributed by atoms with Crippen molar-refractivity contribution >= 4 is 33.7 Å². The third-order valence-corrected chi connectivity index (χ3v) is 6.18. The summed E-state index contributed by atoms with van der Waals surface area (Å²) in [6.07, 6.45) is 6.85. The maximum absolute atomic E-state index is 12.2. The number of H-pyrrole nitrogens is 2. The summed E-state index contributed by atoms with van der Waals surface area (Å²) >= 11 is 0. The van der Waals surface area contributed by atoms with Crippen LogP contribution >= 0.6 is 0 Å². The maximum atomic E-state index is 12.2. The zero-order valence-electron chi connectivity index (χ0n) is 21.6. The molecule has 1 amide bonds. The van der Waals surface area contributed by atoms with Crippen molar-refractivity contribution < 1.29 is 9.53 Å². The van der Waals surface area contributed by atoms with Gasteiger partial charge in [0.05, 0.1) is 54.0 Å². The molecule has 0 fully saturated rings. The van der Waals surface area contributed by atoms with Crippen molar-refractivity contribution in [1.82, 2.24) is 40.0 Å². The Morgan fingerprint density at radius 1 is 0.949 bits per heavy atom. The minimum Gasteiger partial charge on any atom is -0.497 e. The Morgan fingerprint density at radius 3 is 2.67 bits per heavy atom. The van der Waals surface area contributed by atoms with Crippen molar-refractivity contribution in [2.45, 2.75) is 0 Å². The second-order valence-corrected chi connectivity index (χ2v) is 9.31. The Kier molecular flexibility index (Phi) is 6.17. The van der Waals surface area contributed by atoms with Gasteiger partial charge in [0, 0.05) is 23.5 Å². The summed E-state index contributed by atoms with van der Waals surface area (Å²) in [6, 6.07) is 13.4. The quantitative estimate of drug-likeness (QED) is 0.286. The van der Waals surface area contributed by atoms with E-state index in [4.69, 9.17) is 14.7 Å². The van der Waals surface area contributed by atoms with Gasteiger partial charge < -0.3 is 19.9 Å². The number of benzene rings is 1. The SMILES string of the molecule is COc1cccc(-c2cncc3[nH]c(-c4n[nH]c5ccc(-c6cncc(NC(=O)CN(C)C)c6)nc45)nc23)c1. The molecule has 5 heterocycles. The van der Waals surface area contributed by atoms with Crippen LogP contribution in [0, 0.1) is 0 Å². The third-order valence-electron chi connectivity index (χ3n) is 6.18. The van der Waals surface area contributed by atoms with E-state index in [0.717, 1.165) is 39.0 Å². The lowest BCUT2D eigenvalue weighted by atomic mass is 10.1. The molecule has 5 aromatic heterocycles. The lowest BCUT2D eigenvalue weighted by molar-refractivity contribution is -0.116. The molecular weight excluding hydrogens is 494 g/mol. The van der Waals surface area contributed by atoms with E-state index in [1.807, 2.05) is 56.6 Å². The number of imidazole rings is 1. The standard InChI is InChI=1S/C28H25N9O2/c1-37(2)15-24(38)31-18-9-17(11-29-12-18)21-7-8-22-26(32-21)27(36-35-22)28-33-23-14-30-13-20(25(23)34-28)16-5-4-6-19(10-16)39-3/h4-14H,15H2,1-3H3,(H,31,38)(H,33,34)(H,35,36). The number of fused-ring (bicyclic) bond motifs is 2. The highest BCUT2D eigenvalue weighted by atomic mass is 16.5. The fourth-order valence-electron chi connectivity index (χ4n) is 4.41. The van der Waals surface area contributed by atoms with Crippen molar-refractivity contribution in [3.8, 4) is 39.7 Å². The van der Waals surface area contributed by atoms with Gasteiger partial charge in [0.15, 0.2) is 11.5 Å². The Balaban J connectivity index is 1.38. The van der Waals surface area contributed by atoms with Crippen molar-refractivity contribution in [3.05, 3.63) is 67.3 Å². The van der Waals surface area contributed by atoms with Crippen LogP contribution < -0.4 is 10.1 Å². The van der Waals surface area contributed by atoms with Crippen molar-refractivity contribution in [2.75, 3.05) is 33.1 Å². The van der Waals surface area contributed by atoms with Crippen LogP contribution in [-0.4, -0.2) is 73.7 Å². The summed E-state index contributed by atoms with van der Waals surface area (Å²) in [5, 5.41) is 10.4. The van der Waals surface area contributed by atoms with Crippen LogP contribution in [0.2, 0.25) is 0 Å². The molecule has 39 heavy (non-hydrogen) atoms. The Labute approximate surface area is 223 Å². The number of amides is 1. The first-order valence-electron chi connectivity index (χ1n) is 12.2. The first-order valence-corrected chi connectivity index (χ1v) is 12.2. The van der Waals surface area contributed by atoms with Gasteiger partial charge in [-0.05, 0) is 50.0 Å². The summed E-state index contributed by atoms with van der Waals surface area (Å²) in [4.78, 5) is 35.8. The van der Waals surface area contributed by atoms with Crippen LogP contribution in [0.3, 0.4) is 0 Å². The van der Waals surface area contributed by atoms with Gasteiger partial charge >= 0.3 is 0 Å². The van der Waals surface area contributed by atoms with Crippen LogP contribution in [0.15, 0.2) is 67.3 Å². The molecule has 0 unspecified atom stereocenters. The summed E-state index contributed by atoms with van der Waals surface area (Å²) in [5.41, 5.74) is 7.44. The van der Waals surface area contributed by atoms with Crippen LogP contribution in [0.25, 0.3) is 56.0 Å². The molecule has 194 valence electrons. The topological polar surface area (TPSA) is 138 Å². The Hall–Kier alpha value is -5.16. The Morgan fingerprint density at radius 2 is 1.82 bits per heavy atom. The van der Waals surface area contributed by atoms with E-state index in [9.17, 15) is 4.79 Å². The fourth-order valence-corrected chi connectivity index (χ4v) is 4.41. The molecule has 0 radical (unpaired) electrons. The molecule has 6 rings (SSSR count). The second-order valence-electron chi connectivity index (χ2n) is 9.31. The molecule has 3 N–H and O–H groups in total. The van der Waals surface area contributed by atoms with E-state index in [2.05, 4.69) is 30.5 Å². The number of carbonyl (C=O) groups is 1. The number of hydrogen-bond donors (Lipinski definition) is 3. The average Bonchev–Trinajstić information content (AvgIpc) is 3.56. The number of rotatable bonds is 7. The average molecular weight is 520 g/mol. The van der Waals surface area contributed by atoms with E-state index >= 15 is 0 Å². The summed E-state index contributed by atoms with van der Waals surface area (Å²) in [7, 11) is 5.32. The lowest BCUT2D eigenvalue weighted by Crippen LogP contribution is -2.27. The zero-order valence-corrected chi connectivity index (χ0v) is 21.6. The fraction of sp³-hybridized carbons (Fsp3) is 0.143. The highest BCUT2D eigenvalue weighted by Gasteiger charge is 2.17. The summed E-state index contributed by atoms with van der Waals surface area (Å²) in [5.74, 6) is 1.21. The molecule has 0 saturated carbocycles. The Bertz CT molecular complexity index is 1820. The van der Waals surface area contributed by atoms with Crippen molar-refractivity contribution in [3.63, 3.8) is 0 Å². The number of nitrogens with zero attached hydrogens (tertiary/aromatic N) is 6. The number of aromatic nitrogens is 7. The number of ether oxygens (including phenoxy) is 1. The predicted octanol–water partition coefficient (Wildman–Crippen LogP) is 4.13. The highest BCUT2D eigenvalue weighted by molar-refractivity contribution is 5.96. The molecule has 0 bridgehead atoms. The normalized spacial score (nSPS) is 11.4. The summed E-state index contributed by atoms with van der Waals surface area (Å²) in [6.45, 7) is 0.277. The van der Waals surface area contributed by atoms with Crippen LogP contribution in [0.4, 0.5) is 5.69 Å². The smallest absolute Gasteiger partial charge is 0.238 e. The molecule has 11 nitrogen and oxygen atoms in total. The molecule has 0 spiro atoms. The van der Waals surface area contributed by atoms with E-state index in [0.29, 0.717) is 28.4 Å². The number of anilines is 1. The van der Waals surface area contributed by atoms with E-state index in [1.54, 1.807) is 36.8 Å². The van der Waals surface area contributed by atoms with E-state index < -0.39 is 0 Å². The number of methoxy groups -OCH3 is 1. The van der Waals surface area contributed by atoms with Crippen molar-refractivity contribution in [2.24, 2.45) is 0 Å². The molecule has 0 aliphatic rings. The first kappa shape index (κ1) is 24.2. The molecule has 11 heteroatoms. The molecule has 6 aromatic rings. The van der Waals surface area contributed by atoms with Gasteiger partial charge in [0.25, 0.3) is 0 Å². The number of pyridine rings is 3. The van der Waals surface area contributed by atoms with Gasteiger partial charge in [-0.3, -0.25) is 19.9 Å². The number of likely N-dealkylation sites (N-methyl/N-ethyl adjacent to an activating group) is 1. The molecular formula is C28H25N9O2. The predicted molar refractivity (Wildman–Crippen MR) is 149 cm³/mol. The maximum Gasteiger partial charge on any atom is 0.238 e. The second kappa shape index (κ2) is 9.95. The van der Waals surface area contributed by atoms with E-state index in [1.165, 1.54) is 0 Å². The number of aromatic amines is 2. The van der Waals surface area contributed by atoms with Crippen molar-refractivity contribution in [1.29, 1.82) is 0 Å². The largest absolute Gasteiger partial charge is 0.497 e. The van der Waals surface area contributed by atoms with E-state index in [-0.39, 0.29) is 12.5 Å². The zero-order chi connectivity index (χ0) is 26.9.